The molecule has 2 aromatic carbocycles. The van der Waals surface area contributed by atoms with Gasteiger partial charge in [-0.1, -0.05) is 23.7 Å². The highest BCUT2D eigenvalue weighted by molar-refractivity contribution is 6.36. The van der Waals surface area contributed by atoms with Gasteiger partial charge in [0, 0.05) is 33.6 Å². The molecule has 0 bridgehead atoms. The Labute approximate surface area is 200 Å². The number of hydrogen-bond donors (Lipinski definition) is 2. The lowest BCUT2D eigenvalue weighted by atomic mass is 10.1. The summed E-state index contributed by atoms with van der Waals surface area (Å²) in [5, 5.41) is 6.21. The second-order valence-corrected chi connectivity index (χ2v) is 8.25. The minimum Gasteiger partial charge on any atom is -0.457 e. The number of nitrogens with one attached hydrogen (secondary N) is 2. The Morgan fingerprint density at radius 1 is 1.09 bits per heavy atom. The second kappa shape index (κ2) is 8.96. The number of nitrogens with zero attached hydrogens (tertiary/aromatic N) is 2. The standard InChI is InChI=1S/C26H19ClN4O3/c1-15-12-29-19(13-28-15)14-30-25(32)17-4-2-16(3-5-17)24-9-7-20(34-24)11-22-21-10-18(27)6-8-23(21)31-26(22)33/h2-13H,14H2,1H3,(H,30,32)(H,31,33). The zero-order valence-electron chi connectivity index (χ0n) is 18.1. The van der Waals surface area contributed by atoms with Crippen LogP contribution >= 0.6 is 11.6 Å². The molecular weight excluding hydrogens is 452 g/mol. The molecule has 0 unspecified atom stereocenters. The van der Waals surface area contributed by atoms with Gasteiger partial charge in [-0.25, -0.2) is 0 Å². The molecule has 0 spiro atoms. The van der Waals surface area contributed by atoms with Crippen LogP contribution < -0.4 is 10.6 Å². The van der Waals surface area contributed by atoms with E-state index in [2.05, 4.69) is 20.6 Å². The molecule has 168 valence electrons. The van der Waals surface area contributed by atoms with Crippen LogP contribution in [-0.4, -0.2) is 21.8 Å². The van der Waals surface area contributed by atoms with Crippen LogP contribution in [0.25, 0.3) is 23.0 Å². The fourth-order valence-corrected chi connectivity index (χ4v) is 3.77. The van der Waals surface area contributed by atoms with Crippen LogP contribution in [0.15, 0.2) is 71.4 Å². The summed E-state index contributed by atoms with van der Waals surface area (Å²) in [6, 6.07) is 16.0. The van der Waals surface area contributed by atoms with Crippen molar-refractivity contribution in [3.05, 3.63) is 100 Å². The molecule has 0 saturated heterocycles. The molecule has 0 aliphatic carbocycles. The second-order valence-electron chi connectivity index (χ2n) is 7.81. The maximum Gasteiger partial charge on any atom is 0.256 e. The fourth-order valence-electron chi connectivity index (χ4n) is 3.60. The van der Waals surface area contributed by atoms with Crippen LogP contribution in [0.5, 0.6) is 0 Å². The van der Waals surface area contributed by atoms with Gasteiger partial charge in [-0.15, -0.1) is 0 Å². The lowest BCUT2D eigenvalue weighted by Crippen LogP contribution is -2.23. The number of hydrogen-bond acceptors (Lipinski definition) is 5. The van der Waals surface area contributed by atoms with E-state index in [9.17, 15) is 9.59 Å². The number of aromatic nitrogens is 2. The first-order chi connectivity index (χ1) is 16.5. The smallest absolute Gasteiger partial charge is 0.256 e. The van der Waals surface area contributed by atoms with Crippen molar-refractivity contribution in [2.45, 2.75) is 13.5 Å². The van der Waals surface area contributed by atoms with Gasteiger partial charge in [-0.05, 0) is 55.5 Å². The van der Waals surface area contributed by atoms with E-state index in [1.807, 2.05) is 25.1 Å². The molecule has 2 amide bonds. The third kappa shape index (κ3) is 4.46. The molecule has 8 heteroatoms. The van der Waals surface area contributed by atoms with Gasteiger partial charge in [0.05, 0.1) is 29.7 Å². The molecule has 3 heterocycles. The van der Waals surface area contributed by atoms with E-state index in [0.29, 0.717) is 39.9 Å². The quantitative estimate of drug-likeness (QED) is 0.394. The van der Waals surface area contributed by atoms with E-state index < -0.39 is 0 Å². The van der Waals surface area contributed by atoms with E-state index in [1.165, 1.54) is 0 Å². The van der Waals surface area contributed by atoms with Crippen molar-refractivity contribution < 1.29 is 14.0 Å². The average Bonchev–Trinajstić information content (AvgIpc) is 3.43. The summed E-state index contributed by atoms with van der Waals surface area (Å²) in [6.07, 6.45) is 5.00. The topological polar surface area (TPSA) is 97.1 Å². The highest BCUT2D eigenvalue weighted by Crippen LogP contribution is 2.35. The summed E-state index contributed by atoms with van der Waals surface area (Å²) in [7, 11) is 0. The van der Waals surface area contributed by atoms with Crippen LogP contribution in [0.4, 0.5) is 5.69 Å². The summed E-state index contributed by atoms with van der Waals surface area (Å²) < 4.78 is 5.94. The first-order valence-corrected chi connectivity index (χ1v) is 10.9. The minimum atomic E-state index is -0.206. The van der Waals surface area contributed by atoms with E-state index in [-0.39, 0.29) is 11.8 Å². The molecule has 2 N–H and O–H groups in total. The van der Waals surface area contributed by atoms with Gasteiger partial charge < -0.3 is 15.1 Å². The Morgan fingerprint density at radius 2 is 1.91 bits per heavy atom. The van der Waals surface area contributed by atoms with Crippen LogP contribution in [0.2, 0.25) is 5.02 Å². The predicted molar refractivity (Wildman–Crippen MR) is 130 cm³/mol. The lowest BCUT2D eigenvalue weighted by Gasteiger charge is -2.05. The normalized spacial score (nSPS) is 13.6. The number of furan rings is 1. The molecule has 0 radical (unpaired) electrons. The Kier molecular flexibility index (Phi) is 5.69. The number of anilines is 1. The molecular formula is C26H19ClN4O3. The van der Waals surface area contributed by atoms with Gasteiger partial charge in [0.15, 0.2) is 0 Å². The van der Waals surface area contributed by atoms with Gasteiger partial charge in [0.1, 0.15) is 11.5 Å². The largest absolute Gasteiger partial charge is 0.457 e. The first-order valence-electron chi connectivity index (χ1n) is 10.6. The lowest BCUT2D eigenvalue weighted by molar-refractivity contribution is -0.110. The van der Waals surface area contributed by atoms with Crippen LogP contribution in [0.1, 0.15) is 33.1 Å². The van der Waals surface area contributed by atoms with Gasteiger partial charge in [0.25, 0.3) is 11.8 Å². The Hall–Kier alpha value is -4.23. The molecule has 0 atom stereocenters. The SMILES string of the molecule is Cc1cnc(CNC(=O)c2ccc(-c3ccc(C=C4C(=O)Nc5ccc(Cl)cc54)o3)cc2)cn1. The number of carbonyl (C=O) groups excluding carboxylic acids is 2. The van der Waals surface area contributed by atoms with Crippen LogP contribution in [-0.2, 0) is 11.3 Å². The predicted octanol–water partition coefficient (Wildman–Crippen LogP) is 5.12. The summed E-state index contributed by atoms with van der Waals surface area (Å²) >= 11 is 6.09. The highest BCUT2D eigenvalue weighted by Gasteiger charge is 2.24. The molecule has 0 fully saturated rings. The van der Waals surface area contributed by atoms with Crippen molar-refractivity contribution >= 4 is 40.8 Å². The monoisotopic (exact) mass is 470 g/mol. The number of rotatable bonds is 5. The van der Waals surface area contributed by atoms with Gasteiger partial charge >= 0.3 is 0 Å². The maximum absolute atomic E-state index is 12.4. The zero-order chi connectivity index (χ0) is 23.7. The molecule has 5 rings (SSSR count). The van der Waals surface area contributed by atoms with Gasteiger partial charge in [-0.3, -0.25) is 19.6 Å². The van der Waals surface area contributed by atoms with Crippen molar-refractivity contribution in [3.63, 3.8) is 0 Å². The molecule has 34 heavy (non-hydrogen) atoms. The van der Waals surface area contributed by atoms with Crippen molar-refractivity contribution in [1.29, 1.82) is 0 Å². The summed E-state index contributed by atoms with van der Waals surface area (Å²) in [5.74, 6) is 0.748. The summed E-state index contributed by atoms with van der Waals surface area (Å²) in [4.78, 5) is 33.2. The average molecular weight is 471 g/mol. The fraction of sp³-hybridized carbons (Fsp3) is 0.0769. The minimum absolute atomic E-state index is 0.205. The molecule has 1 aliphatic rings. The Balaban J connectivity index is 1.29. The molecule has 4 aromatic rings. The highest BCUT2D eigenvalue weighted by atomic mass is 35.5. The van der Waals surface area contributed by atoms with Crippen molar-refractivity contribution in [2.75, 3.05) is 5.32 Å². The molecule has 2 aromatic heterocycles. The van der Waals surface area contributed by atoms with E-state index in [1.54, 1.807) is 54.9 Å². The third-order valence-electron chi connectivity index (χ3n) is 5.37. The number of aryl methyl sites for hydroxylation is 1. The number of carbonyl (C=O) groups is 2. The number of amides is 2. The van der Waals surface area contributed by atoms with Crippen LogP contribution in [0, 0.1) is 6.92 Å². The van der Waals surface area contributed by atoms with Gasteiger partial charge in [-0.2, -0.15) is 0 Å². The third-order valence-corrected chi connectivity index (χ3v) is 5.61. The van der Waals surface area contributed by atoms with Gasteiger partial charge in [0.2, 0.25) is 0 Å². The summed E-state index contributed by atoms with van der Waals surface area (Å²) in [5.41, 5.74) is 4.79. The number of halogens is 1. The zero-order valence-corrected chi connectivity index (χ0v) is 18.9. The number of fused-ring (bicyclic) bond motifs is 1. The molecule has 7 nitrogen and oxygen atoms in total. The Morgan fingerprint density at radius 3 is 2.68 bits per heavy atom. The van der Waals surface area contributed by atoms with E-state index in [0.717, 1.165) is 22.5 Å². The van der Waals surface area contributed by atoms with Crippen LogP contribution in [0.3, 0.4) is 0 Å². The first kappa shape index (κ1) is 21.6. The van der Waals surface area contributed by atoms with E-state index >= 15 is 0 Å². The van der Waals surface area contributed by atoms with Crippen molar-refractivity contribution in [2.24, 2.45) is 0 Å². The van der Waals surface area contributed by atoms with E-state index in [4.69, 9.17) is 16.0 Å². The van der Waals surface area contributed by atoms with Crippen molar-refractivity contribution in [1.82, 2.24) is 15.3 Å². The Bertz CT molecular complexity index is 1420. The number of benzene rings is 2. The molecule has 1 aliphatic heterocycles. The van der Waals surface area contributed by atoms with Crippen molar-refractivity contribution in [3.8, 4) is 11.3 Å². The maximum atomic E-state index is 12.4. The summed E-state index contributed by atoms with van der Waals surface area (Å²) in [6.45, 7) is 2.16. The molecule has 0 saturated carbocycles.